The average molecular weight is 370 g/mol. The van der Waals surface area contributed by atoms with Crippen molar-refractivity contribution in [3.8, 4) is 5.88 Å². The average Bonchev–Trinajstić information content (AvgIpc) is 2.59. The molecular weight excluding hydrogens is 344 g/mol. The number of ether oxygens (including phenoxy) is 1. The summed E-state index contributed by atoms with van der Waals surface area (Å²) in [6, 6.07) is 3.32. The molecule has 1 aromatic rings. The van der Waals surface area contributed by atoms with E-state index in [4.69, 9.17) is 9.88 Å². The highest BCUT2D eigenvalue weighted by molar-refractivity contribution is 7.87. The normalized spacial score (nSPS) is 19.5. The number of hydrogen-bond acceptors (Lipinski definition) is 5. The van der Waals surface area contributed by atoms with Gasteiger partial charge < -0.3 is 9.64 Å². The van der Waals surface area contributed by atoms with Crippen LogP contribution in [-0.4, -0.2) is 49.9 Å². The van der Waals surface area contributed by atoms with Gasteiger partial charge in [-0.1, -0.05) is 6.92 Å². The lowest BCUT2D eigenvalue weighted by molar-refractivity contribution is 0.0675. The molecule has 8 nitrogen and oxygen atoms in total. The smallest absolute Gasteiger partial charge is 0.274 e. The van der Waals surface area contributed by atoms with E-state index in [1.165, 1.54) is 0 Å². The first-order chi connectivity index (χ1) is 11.8. The summed E-state index contributed by atoms with van der Waals surface area (Å²) in [5.74, 6) is 0.384. The monoisotopic (exact) mass is 370 g/mol. The van der Waals surface area contributed by atoms with Crippen LogP contribution in [0.2, 0.25) is 0 Å². The fraction of sp³-hybridized carbons (Fsp3) is 0.625. The minimum Gasteiger partial charge on any atom is -0.475 e. The number of hydrogen-bond donors (Lipinski definition) is 2. The highest BCUT2D eigenvalue weighted by Gasteiger charge is 2.25. The summed E-state index contributed by atoms with van der Waals surface area (Å²) in [6.45, 7) is 5.34. The standard InChI is InChI=1S/C16H26N4O4S/c1-3-12(2)24-15-9-14(6-7-18-15)16(21)20-8-4-5-13(11-20)10-19-25(17,22)23/h6-7,9,12-13,19H,3-5,8,10-11H2,1-2H3,(H2,17,22,23). The molecule has 0 bridgehead atoms. The Kier molecular flexibility index (Phi) is 6.74. The van der Waals surface area contributed by atoms with Crippen LogP contribution in [-0.2, 0) is 10.2 Å². The Bertz CT molecular complexity index is 695. The van der Waals surface area contributed by atoms with Gasteiger partial charge in [0.2, 0.25) is 5.88 Å². The molecule has 2 unspecified atom stereocenters. The summed E-state index contributed by atoms with van der Waals surface area (Å²) in [6.07, 6.45) is 4.12. The Labute approximate surface area is 148 Å². The lowest BCUT2D eigenvalue weighted by Gasteiger charge is -2.32. The quantitative estimate of drug-likeness (QED) is 0.740. The number of amides is 1. The molecule has 0 aromatic carbocycles. The molecule has 1 aliphatic heterocycles. The van der Waals surface area contributed by atoms with Gasteiger partial charge in [0.1, 0.15) is 0 Å². The number of nitrogens with zero attached hydrogens (tertiary/aromatic N) is 2. The van der Waals surface area contributed by atoms with Crippen molar-refractivity contribution in [2.24, 2.45) is 11.1 Å². The van der Waals surface area contributed by atoms with Crippen LogP contribution in [0.1, 0.15) is 43.5 Å². The third kappa shape index (κ3) is 6.26. The molecule has 25 heavy (non-hydrogen) atoms. The predicted octanol–water partition coefficient (Wildman–Crippen LogP) is 0.904. The summed E-state index contributed by atoms with van der Waals surface area (Å²) < 4.78 is 30.0. The van der Waals surface area contributed by atoms with E-state index in [-0.39, 0.29) is 24.5 Å². The van der Waals surface area contributed by atoms with Crippen LogP contribution in [0.4, 0.5) is 0 Å². The van der Waals surface area contributed by atoms with Crippen LogP contribution >= 0.6 is 0 Å². The molecule has 0 saturated carbocycles. The summed E-state index contributed by atoms with van der Waals surface area (Å²) in [4.78, 5) is 18.6. The number of nitrogens with one attached hydrogen (secondary N) is 1. The minimum atomic E-state index is -3.71. The van der Waals surface area contributed by atoms with Gasteiger partial charge in [-0.2, -0.15) is 8.42 Å². The molecule has 9 heteroatoms. The fourth-order valence-electron chi connectivity index (χ4n) is 2.73. The number of rotatable bonds is 7. The first-order valence-electron chi connectivity index (χ1n) is 8.48. The number of nitrogens with two attached hydrogens (primary N) is 1. The van der Waals surface area contributed by atoms with E-state index in [1.807, 2.05) is 13.8 Å². The maximum absolute atomic E-state index is 12.7. The summed E-state index contributed by atoms with van der Waals surface area (Å²) in [7, 11) is -3.71. The van der Waals surface area contributed by atoms with Crippen LogP contribution in [0, 0.1) is 5.92 Å². The van der Waals surface area contributed by atoms with E-state index in [0.29, 0.717) is 24.5 Å². The molecule has 2 heterocycles. The van der Waals surface area contributed by atoms with Crippen LogP contribution in [0.25, 0.3) is 0 Å². The Morgan fingerprint density at radius 3 is 3.00 bits per heavy atom. The molecular formula is C16H26N4O4S. The van der Waals surface area contributed by atoms with Crippen molar-refractivity contribution < 1.29 is 17.9 Å². The van der Waals surface area contributed by atoms with Crippen molar-refractivity contribution in [3.05, 3.63) is 23.9 Å². The molecule has 2 rings (SSSR count). The van der Waals surface area contributed by atoms with Crippen molar-refractivity contribution in [1.82, 2.24) is 14.6 Å². The van der Waals surface area contributed by atoms with Gasteiger partial charge in [0, 0.05) is 37.5 Å². The second kappa shape index (κ2) is 8.59. The van der Waals surface area contributed by atoms with Crippen LogP contribution in [0.15, 0.2) is 18.3 Å². The maximum Gasteiger partial charge on any atom is 0.274 e. The Morgan fingerprint density at radius 2 is 2.32 bits per heavy atom. The molecule has 1 aromatic heterocycles. The topological polar surface area (TPSA) is 115 Å². The number of carbonyl (C=O) groups is 1. The third-order valence-electron chi connectivity index (χ3n) is 4.26. The van der Waals surface area contributed by atoms with Crippen LogP contribution in [0.3, 0.4) is 0 Å². The highest BCUT2D eigenvalue weighted by Crippen LogP contribution is 2.20. The molecule has 1 fully saturated rings. The number of aromatic nitrogens is 1. The number of carbonyl (C=O) groups excluding carboxylic acids is 1. The Hall–Kier alpha value is -1.71. The van der Waals surface area contributed by atoms with Gasteiger partial charge in [0.15, 0.2) is 0 Å². The van der Waals surface area contributed by atoms with E-state index in [2.05, 4.69) is 9.71 Å². The summed E-state index contributed by atoms with van der Waals surface area (Å²) in [5, 5.41) is 4.97. The van der Waals surface area contributed by atoms with Crippen molar-refractivity contribution >= 4 is 16.1 Å². The van der Waals surface area contributed by atoms with Crippen LogP contribution in [0.5, 0.6) is 5.88 Å². The van der Waals surface area contributed by atoms with E-state index >= 15 is 0 Å². The molecule has 2 atom stereocenters. The van der Waals surface area contributed by atoms with Gasteiger partial charge in [0.25, 0.3) is 16.1 Å². The minimum absolute atomic E-state index is 0.0292. The van der Waals surface area contributed by atoms with Crippen LogP contribution < -0.4 is 14.6 Å². The maximum atomic E-state index is 12.7. The number of likely N-dealkylation sites (tertiary alicyclic amines) is 1. The lowest BCUT2D eigenvalue weighted by atomic mass is 9.98. The van der Waals surface area contributed by atoms with Gasteiger partial charge in [-0.05, 0) is 38.2 Å². The molecule has 0 spiro atoms. The predicted molar refractivity (Wildman–Crippen MR) is 94.4 cm³/mol. The van der Waals surface area contributed by atoms with Crippen molar-refractivity contribution in [2.75, 3.05) is 19.6 Å². The van der Waals surface area contributed by atoms with Crippen molar-refractivity contribution in [2.45, 2.75) is 39.2 Å². The zero-order valence-corrected chi connectivity index (χ0v) is 15.5. The molecule has 3 N–H and O–H groups in total. The van der Waals surface area contributed by atoms with Gasteiger partial charge in [-0.3, -0.25) is 4.79 Å². The van der Waals surface area contributed by atoms with E-state index in [0.717, 1.165) is 19.3 Å². The van der Waals surface area contributed by atoms with Gasteiger partial charge >= 0.3 is 0 Å². The van der Waals surface area contributed by atoms with Gasteiger partial charge in [0.05, 0.1) is 6.10 Å². The SMILES string of the molecule is CCC(C)Oc1cc(C(=O)N2CCCC(CNS(N)(=O)=O)C2)ccn1. The molecule has 1 aliphatic rings. The van der Waals surface area contributed by atoms with Gasteiger partial charge in [-0.25, -0.2) is 14.8 Å². The summed E-state index contributed by atoms with van der Waals surface area (Å²) >= 11 is 0. The molecule has 1 saturated heterocycles. The number of pyridine rings is 1. The van der Waals surface area contributed by atoms with Crippen molar-refractivity contribution in [1.29, 1.82) is 0 Å². The van der Waals surface area contributed by atoms with E-state index < -0.39 is 10.2 Å². The molecule has 1 amide bonds. The van der Waals surface area contributed by atoms with Crippen molar-refractivity contribution in [3.63, 3.8) is 0 Å². The lowest BCUT2D eigenvalue weighted by Crippen LogP contribution is -2.44. The Morgan fingerprint density at radius 1 is 1.56 bits per heavy atom. The summed E-state index contributed by atoms with van der Waals surface area (Å²) in [5.41, 5.74) is 0.522. The van der Waals surface area contributed by atoms with E-state index in [1.54, 1.807) is 23.2 Å². The zero-order chi connectivity index (χ0) is 18.4. The van der Waals surface area contributed by atoms with E-state index in [9.17, 15) is 13.2 Å². The fourth-order valence-corrected chi connectivity index (χ4v) is 3.20. The molecule has 140 valence electrons. The zero-order valence-electron chi connectivity index (χ0n) is 14.6. The highest BCUT2D eigenvalue weighted by atomic mass is 32.2. The second-order valence-corrected chi connectivity index (χ2v) is 7.75. The first-order valence-corrected chi connectivity index (χ1v) is 10.0. The molecule has 0 aliphatic carbocycles. The molecule has 0 radical (unpaired) electrons. The number of piperidine rings is 1. The second-order valence-electron chi connectivity index (χ2n) is 6.37. The largest absolute Gasteiger partial charge is 0.475 e. The Balaban J connectivity index is 2.00. The third-order valence-corrected chi connectivity index (χ3v) is 4.83. The first kappa shape index (κ1) is 19.6. The van der Waals surface area contributed by atoms with Gasteiger partial charge in [-0.15, -0.1) is 0 Å².